The average molecular weight is 274 g/mol. The lowest BCUT2D eigenvalue weighted by Gasteiger charge is -2.43. The van der Waals surface area contributed by atoms with Crippen LogP contribution in [0.4, 0.5) is 5.69 Å². The molecule has 1 aliphatic heterocycles. The Bertz CT molecular complexity index is 425. The van der Waals surface area contributed by atoms with Gasteiger partial charge in [0.05, 0.1) is 0 Å². The smallest absolute Gasteiger partial charge is 0.0412 e. The molecule has 2 nitrogen and oxygen atoms in total. The largest absolute Gasteiger partial charge is 0.366 e. The third-order valence-corrected chi connectivity index (χ3v) is 4.59. The van der Waals surface area contributed by atoms with Crippen LogP contribution in [0.1, 0.15) is 52.5 Å². The maximum atomic E-state index is 3.71. The van der Waals surface area contributed by atoms with Crippen molar-refractivity contribution in [2.75, 3.05) is 18.0 Å². The lowest BCUT2D eigenvalue weighted by Crippen LogP contribution is -2.58. The van der Waals surface area contributed by atoms with Crippen molar-refractivity contribution >= 4 is 5.69 Å². The van der Waals surface area contributed by atoms with Crippen LogP contribution in [-0.2, 0) is 0 Å². The standard InChI is InChI=1S/C18H30N2/c1-6-16-11-19-18(14(4)5)12-20(16)17-9-7-8-15(10-17)13(2)3/h7-10,13-14,16,18-19H,6,11-12H2,1-5H3. The van der Waals surface area contributed by atoms with E-state index in [2.05, 4.69) is 69.1 Å². The Hall–Kier alpha value is -1.02. The van der Waals surface area contributed by atoms with E-state index in [1.165, 1.54) is 17.7 Å². The second kappa shape index (κ2) is 6.62. The molecular formula is C18H30N2. The van der Waals surface area contributed by atoms with Gasteiger partial charge >= 0.3 is 0 Å². The summed E-state index contributed by atoms with van der Waals surface area (Å²) in [6, 6.07) is 10.3. The van der Waals surface area contributed by atoms with E-state index in [1.807, 2.05) is 0 Å². The summed E-state index contributed by atoms with van der Waals surface area (Å²) in [5.74, 6) is 1.28. The number of benzene rings is 1. The van der Waals surface area contributed by atoms with Crippen LogP contribution in [0.5, 0.6) is 0 Å². The third-order valence-electron chi connectivity index (χ3n) is 4.59. The summed E-state index contributed by atoms with van der Waals surface area (Å²) in [7, 11) is 0. The van der Waals surface area contributed by atoms with Gasteiger partial charge in [-0.2, -0.15) is 0 Å². The molecule has 1 aromatic carbocycles. The van der Waals surface area contributed by atoms with E-state index >= 15 is 0 Å². The molecule has 0 bridgehead atoms. The highest BCUT2D eigenvalue weighted by Gasteiger charge is 2.28. The van der Waals surface area contributed by atoms with Gasteiger partial charge in [0, 0.05) is 30.9 Å². The van der Waals surface area contributed by atoms with Crippen LogP contribution >= 0.6 is 0 Å². The van der Waals surface area contributed by atoms with Crippen molar-refractivity contribution in [3.8, 4) is 0 Å². The fourth-order valence-corrected chi connectivity index (χ4v) is 3.01. The minimum atomic E-state index is 0.596. The average Bonchev–Trinajstić information content (AvgIpc) is 2.46. The van der Waals surface area contributed by atoms with E-state index in [1.54, 1.807) is 0 Å². The maximum Gasteiger partial charge on any atom is 0.0412 e. The van der Waals surface area contributed by atoms with Crippen molar-refractivity contribution in [1.29, 1.82) is 0 Å². The predicted octanol–water partition coefficient (Wildman–Crippen LogP) is 4.02. The Kier molecular flexibility index (Phi) is 5.09. The highest BCUT2D eigenvalue weighted by molar-refractivity contribution is 5.51. The molecular weight excluding hydrogens is 244 g/mol. The molecule has 1 fully saturated rings. The first-order valence-electron chi connectivity index (χ1n) is 8.12. The van der Waals surface area contributed by atoms with Crippen molar-refractivity contribution in [2.45, 2.75) is 59.0 Å². The third kappa shape index (κ3) is 3.35. The molecule has 112 valence electrons. The van der Waals surface area contributed by atoms with Gasteiger partial charge < -0.3 is 10.2 Å². The second-order valence-corrected chi connectivity index (χ2v) is 6.72. The van der Waals surface area contributed by atoms with Gasteiger partial charge in [-0.25, -0.2) is 0 Å². The SMILES string of the molecule is CCC1CNC(C(C)C)CN1c1cccc(C(C)C)c1. The summed E-state index contributed by atoms with van der Waals surface area (Å²) in [6.07, 6.45) is 1.20. The molecule has 0 radical (unpaired) electrons. The van der Waals surface area contributed by atoms with Crippen LogP contribution < -0.4 is 10.2 Å². The van der Waals surface area contributed by atoms with E-state index in [0.717, 1.165) is 13.1 Å². The first kappa shape index (κ1) is 15.4. The van der Waals surface area contributed by atoms with E-state index < -0.39 is 0 Å². The van der Waals surface area contributed by atoms with Crippen molar-refractivity contribution < 1.29 is 0 Å². The highest BCUT2D eigenvalue weighted by Crippen LogP contribution is 2.26. The highest BCUT2D eigenvalue weighted by atomic mass is 15.2. The Morgan fingerprint density at radius 3 is 2.60 bits per heavy atom. The number of nitrogens with zero attached hydrogens (tertiary/aromatic N) is 1. The molecule has 2 unspecified atom stereocenters. The Labute approximate surface area is 124 Å². The maximum absolute atomic E-state index is 3.71. The van der Waals surface area contributed by atoms with Crippen molar-refractivity contribution in [3.05, 3.63) is 29.8 Å². The molecule has 2 heteroatoms. The van der Waals surface area contributed by atoms with Gasteiger partial charge in [0.2, 0.25) is 0 Å². The lowest BCUT2D eigenvalue weighted by atomic mass is 9.96. The van der Waals surface area contributed by atoms with Gasteiger partial charge in [-0.05, 0) is 36.0 Å². The molecule has 1 saturated heterocycles. The number of anilines is 1. The number of rotatable bonds is 4. The minimum absolute atomic E-state index is 0.596. The zero-order valence-corrected chi connectivity index (χ0v) is 13.7. The Morgan fingerprint density at radius 1 is 1.25 bits per heavy atom. The lowest BCUT2D eigenvalue weighted by molar-refractivity contribution is 0.325. The number of hydrogen-bond donors (Lipinski definition) is 1. The van der Waals surface area contributed by atoms with E-state index in [-0.39, 0.29) is 0 Å². The van der Waals surface area contributed by atoms with Gasteiger partial charge in [-0.3, -0.25) is 0 Å². The van der Waals surface area contributed by atoms with Crippen molar-refractivity contribution in [3.63, 3.8) is 0 Å². The van der Waals surface area contributed by atoms with Gasteiger partial charge in [-0.15, -0.1) is 0 Å². The van der Waals surface area contributed by atoms with Gasteiger partial charge in [0.25, 0.3) is 0 Å². The van der Waals surface area contributed by atoms with Crippen LogP contribution in [0.2, 0.25) is 0 Å². The van der Waals surface area contributed by atoms with Crippen molar-refractivity contribution in [2.24, 2.45) is 5.92 Å². The number of piperazine rings is 1. The second-order valence-electron chi connectivity index (χ2n) is 6.72. The summed E-state index contributed by atoms with van der Waals surface area (Å²) in [6.45, 7) is 13.7. The predicted molar refractivity (Wildman–Crippen MR) is 88.6 cm³/mol. The fraction of sp³-hybridized carbons (Fsp3) is 0.667. The zero-order chi connectivity index (χ0) is 14.7. The monoisotopic (exact) mass is 274 g/mol. The molecule has 2 rings (SSSR count). The first-order valence-corrected chi connectivity index (χ1v) is 8.12. The minimum Gasteiger partial charge on any atom is -0.366 e. The molecule has 0 aliphatic carbocycles. The number of hydrogen-bond acceptors (Lipinski definition) is 2. The molecule has 2 atom stereocenters. The van der Waals surface area contributed by atoms with E-state index in [0.29, 0.717) is 23.9 Å². The molecule has 0 saturated carbocycles. The first-order chi connectivity index (χ1) is 9.52. The molecule has 0 aromatic heterocycles. The Morgan fingerprint density at radius 2 is 2.00 bits per heavy atom. The quantitative estimate of drug-likeness (QED) is 0.892. The molecule has 20 heavy (non-hydrogen) atoms. The molecule has 1 heterocycles. The summed E-state index contributed by atoms with van der Waals surface area (Å²) in [5.41, 5.74) is 2.84. The number of nitrogens with one attached hydrogen (secondary N) is 1. The molecule has 1 aromatic rings. The van der Waals surface area contributed by atoms with Gasteiger partial charge in [0.1, 0.15) is 0 Å². The Balaban J connectivity index is 2.24. The van der Waals surface area contributed by atoms with Crippen molar-refractivity contribution in [1.82, 2.24) is 5.32 Å². The molecule has 0 amide bonds. The van der Waals surface area contributed by atoms with Gasteiger partial charge in [0.15, 0.2) is 0 Å². The molecule has 1 aliphatic rings. The molecule has 0 spiro atoms. The topological polar surface area (TPSA) is 15.3 Å². The summed E-state index contributed by atoms with van der Waals surface area (Å²) in [5, 5.41) is 3.71. The van der Waals surface area contributed by atoms with Gasteiger partial charge in [-0.1, -0.05) is 46.8 Å². The van der Waals surface area contributed by atoms with E-state index in [4.69, 9.17) is 0 Å². The van der Waals surface area contributed by atoms with Crippen LogP contribution in [0.25, 0.3) is 0 Å². The summed E-state index contributed by atoms with van der Waals surface area (Å²) >= 11 is 0. The summed E-state index contributed by atoms with van der Waals surface area (Å²) < 4.78 is 0. The zero-order valence-electron chi connectivity index (χ0n) is 13.7. The normalized spacial score (nSPS) is 23.6. The van der Waals surface area contributed by atoms with Crippen LogP contribution in [0.3, 0.4) is 0 Å². The van der Waals surface area contributed by atoms with Crippen LogP contribution in [-0.4, -0.2) is 25.2 Å². The molecule has 1 N–H and O–H groups in total. The fourth-order valence-electron chi connectivity index (χ4n) is 3.01. The van der Waals surface area contributed by atoms with E-state index in [9.17, 15) is 0 Å². The van der Waals surface area contributed by atoms with Crippen LogP contribution in [0.15, 0.2) is 24.3 Å². The van der Waals surface area contributed by atoms with Crippen LogP contribution in [0, 0.1) is 5.92 Å². The summed E-state index contributed by atoms with van der Waals surface area (Å²) in [4.78, 5) is 2.62.